The molecule has 156 valence electrons. The number of aliphatic carboxylic acids is 1. The molecule has 28 heavy (non-hydrogen) atoms. The molecule has 4 aliphatic carbocycles. The highest BCUT2D eigenvalue weighted by Gasteiger charge is 2.58. The molecule has 6 atom stereocenters. The van der Waals surface area contributed by atoms with Crippen LogP contribution in [0.1, 0.15) is 58.3 Å². The minimum Gasteiger partial charge on any atom is -0.501 e. The lowest BCUT2D eigenvalue weighted by Crippen LogP contribution is -2.50. The first-order valence-electron chi connectivity index (χ1n) is 10.7. The van der Waals surface area contributed by atoms with Gasteiger partial charge in [-0.25, -0.2) is 0 Å². The smallest absolute Gasteiger partial charge is 0.303 e. The molecule has 0 aromatic heterocycles. The lowest BCUT2D eigenvalue weighted by Gasteiger charge is -2.55. The summed E-state index contributed by atoms with van der Waals surface area (Å²) in [5.74, 6) is 2.20. The van der Waals surface area contributed by atoms with Crippen molar-refractivity contribution in [3.05, 3.63) is 23.0 Å². The number of carbonyl (C=O) groups is 1. The quantitative estimate of drug-likeness (QED) is 0.533. The van der Waals surface area contributed by atoms with E-state index in [0.29, 0.717) is 24.5 Å². The maximum Gasteiger partial charge on any atom is 0.303 e. The fourth-order valence-corrected chi connectivity index (χ4v) is 7.16. The summed E-state index contributed by atoms with van der Waals surface area (Å²) >= 11 is 0. The molecule has 0 aromatic rings. The number of ether oxygens (including phenoxy) is 3. The van der Waals surface area contributed by atoms with Gasteiger partial charge in [-0.2, -0.15) is 0 Å². The van der Waals surface area contributed by atoms with E-state index in [2.05, 4.69) is 13.0 Å². The summed E-state index contributed by atoms with van der Waals surface area (Å²) in [6.45, 7) is 2.67. The second kappa shape index (κ2) is 7.83. The topological polar surface area (TPSA) is 65.0 Å². The van der Waals surface area contributed by atoms with E-state index in [0.717, 1.165) is 37.9 Å². The van der Waals surface area contributed by atoms with E-state index >= 15 is 0 Å². The van der Waals surface area contributed by atoms with Crippen LogP contribution in [0.5, 0.6) is 0 Å². The summed E-state index contributed by atoms with van der Waals surface area (Å²) in [7, 11) is 3.42. The molecule has 0 radical (unpaired) electrons. The van der Waals surface area contributed by atoms with Crippen LogP contribution in [0.3, 0.4) is 0 Å². The fraction of sp³-hybridized carbons (Fsp3) is 0.783. The molecule has 1 N–H and O–H groups in total. The third-order valence-electron chi connectivity index (χ3n) is 8.17. The van der Waals surface area contributed by atoms with Crippen molar-refractivity contribution in [1.82, 2.24) is 0 Å². The van der Waals surface area contributed by atoms with E-state index in [1.165, 1.54) is 24.0 Å². The number of carboxylic acid groups (broad SMARTS) is 1. The zero-order chi connectivity index (χ0) is 19.9. The molecule has 0 heterocycles. The average Bonchev–Trinajstić information content (AvgIpc) is 3.00. The minimum atomic E-state index is -0.671. The first-order valence-corrected chi connectivity index (χ1v) is 10.7. The van der Waals surface area contributed by atoms with Crippen LogP contribution in [0.2, 0.25) is 0 Å². The molecule has 5 heteroatoms. The van der Waals surface area contributed by atoms with Crippen molar-refractivity contribution in [1.29, 1.82) is 0 Å². The summed E-state index contributed by atoms with van der Waals surface area (Å²) in [6, 6.07) is 0. The van der Waals surface area contributed by atoms with Crippen LogP contribution in [0.25, 0.3) is 0 Å². The maximum atomic E-state index is 11.8. The lowest BCUT2D eigenvalue weighted by atomic mass is 9.50. The van der Waals surface area contributed by atoms with Crippen LogP contribution in [0.15, 0.2) is 23.0 Å². The number of methoxy groups -OCH3 is 2. The summed E-state index contributed by atoms with van der Waals surface area (Å²) in [5.41, 5.74) is 3.11. The third kappa shape index (κ3) is 3.30. The Morgan fingerprint density at radius 2 is 2.11 bits per heavy atom. The van der Waals surface area contributed by atoms with E-state index < -0.39 is 5.97 Å². The second-order valence-electron chi connectivity index (χ2n) is 9.43. The maximum absolute atomic E-state index is 11.8. The van der Waals surface area contributed by atoms with Crippen LogP contribution in [-0.2, 0) is 19.0 Å². The Morgan fingerprint density at radius 3 is 2.82 bits per heavy atom. The summed E-state index contributed by atoms with van der Waals surface area (Å²) in [4.78, 5) is 11.8. The van der Waals surface area contributed by atoms with E-state index in [1.807, 2.05) is 0 Å². The van der Waals surface area contributed by atoms with Crippen LogP contribution in [-0.4, -0.2) is 38.2 Å². The molecule has 2 fully saturated rings. The molecule has 0 aromatic carbocycles. The van der Waals surface area contributed by atoms with E-state index in [1.54, 1.807) is 14.2 Å². The van der Waals surface area contributed by atoms with Gasteiger partial charge in [-0.1, -0.05) is 18.1 Å². The molecule has 0 bridgehead atoms. The number of rotatable bonds is 6. The van der Waals surface area contributed by atoms with Gasteiger partial charge >= 0.3 is 5.97 Å². The Labute approximate surface area is 168 Å². The van der Waals surface area contributed by atoms with Gasteiger partial charge in [0.2, 0.25) is 0 Å². The van der Waals surface area contributed by atoms with E-state index in [9.17, 15) is 9.90 Å². The Balaban J connectivity index is 1.65. The molecule has 0 saturated heterocycles. The van der Waals surface area contributed by atoms with Crippen molar-refractivity contribution in [2.24, 2.45) is 29.1 Å². The predicted molar refractivity (Wildman–Crippen MR) is 106 cm³/mol. The van der Waals surface area contributed by atoms with Crippen molar-refractivity contribution in [2.75, 3.05) is 21.0 Å². The normalized spacial score (nSPS) is 39.7. The fourth-order valence-electron chi connectivity index (χ4n) is 7.16. The van der Waals surface area contributed by atoms with Crippen molar-refractivity contribution in [3.63, 3.8) is 0 Å². The number of fused-ring (bicyclic) bond motifs is 4. The largest absolute Gasteiger partial charge is 0.501 e. The molecule has 0 spiro atoms. The van der Waals surface area contributed by atoms with Gasteiger partial charge in [-0.15, -0.1) is 0 Å². The highest BCUT2D eigenvalue weighted by atomic mass is 16.7. The second-order valence-corrected chi connectivity index (χ2v) is 9.43. The Morgan fingerprint density at radius 1 is 1.29 bits per heavy atom. The molecule has 2 saturated carbocycles. The van der Waals surface area contributed by atoms with Gasteiger partial charge in [0, 0.05) is 20.0 Å². The van der Waals surface area contributed by atoms with Crippen LogP contribution >= 0.6 is 0 Å². The van der Waals surface area contributed by atoms with Gasteiger partial charge in [-0.3, -0.25) is 4.79 Å². The first kappa shape index (κ1) is 20.0. The van der Waals surface area contributed by atoms with Gasteiger partial charge in [-0.05, 0) is 73.7 Å². The molecule has 5 nitrogen and oxygen atoms in total. The van der Waals surface area contributed by atoms with E-state index in [4.69, 9.17) is 14.2 Å². The van der Waals surface area contributed by atoms with Gasteiger partial charge in [0.05, 0.1) is 19.0 Å². The predicted octanol–water partition coefficient (Wildman–Crippen LogP) is 4.53. The van der Waals surface area contributed by atoms with E-state index in [-0.39, 0.29) is 23.9 Å². The van der Waals surface area contributed by atoms with Gasteiger partial charge in [0.25, 0.3) is 0 Å². The molecule has 0 aliphatic heterocycles. The van der Waals surface area contributed by atoms with Crippen molar-refractivity contribution >= 4 is 5.97 Å². The number of carboxylic acids is 1. The highest BCUT2D eigenvalue weighted by molar-refractivity contribution is 5.67. The van der Waals surface area contributed by atoms with Crippen molar-refractivity contribution in [2.45, 2.75) is 64.4 Å². The Kier molecular flexibility index (Phi) is 5.58. The molecular weight excluding hydrogens is 356 g/mol. The lowest BCUT2D eigenvalue weighted by molar-refractivity contribution is -0.148. The molecule has 4 aliphatic rings. The van der Waals surface area contributed by atoms with Crippen LogP contribution in [0, 0.1) is 29.1 Å². The van der Waals surface area contributed by atoms with Crippen LogP contribution < -0.4 is 0 Å². The monoisotopic (exact) mass is 390 g/mol. The average molecular weight is 391 g/mol. The van der Waals surface area contributed by atoms with Gasteiger partial charge in [0.1, 0.15) is 6.79 Å². The highest BCUT2D eigenvalue weighted by Crippen LogP contribution is 2.64. The van der Waals surface area contributed by atoms with Gasteiger partial charge in [0.15, 0.2) is 0 Å². The van der Waals surface area contributed by atoms with Crippen molar-refractivity contribution < 1.29 is 24.1 Å². The molecular formula is C23H34O5. The number of hydrogen-bond acceptors (Lipinski definition) is 4. The number of hydrogen-bond donors (Lipinski definition) is 1. The Hall–Kier alpha value is -1.33. The summed E-state index contributed by atoms with van der Waals surface area (Å²) < 4.78 is 16.8. The van der Waals surface area contributed by atoms with Gasteiger partial charge < -0.3 is 19.3 Å². The minimum absolute atomic E-state index is 0.0556. The Bertz CT molecular complexity index is 680. The zero-order valence-electron chi connectivity index (χ0n) is 17.4. The SMILES string of the molecule is COCOC1CCC2C3CCC4=C(CC=C(OC)C4)C3[C@@H](CC(=O)O)CC12C. The zero-order valence-corrected chi connectivity index (χ0v) is 17.4. The number of allylic oxidation sites excluding steroid dienone is 3. The third-order valence-corrected chi connectivity index (χ3v) is 8.17. The van der Waals surface area contributed by atoms with Crippen LogP contribution in [0.4, 0.5) is 0 Å². The molecule has 4 rings (SSSR count). The first-order chi connectivity index (χ1) is 13.5. The summed E-state index contributed by atoms with van der Waals surface area (Å²) in [6.07, 6.45) is 10.00. The summed E-state index contributed by atoms with van der Waals surface area (Å²) in [5, 5.41) is 9.66. The van der Waals surface area contributed by atoms with Crippen molar-refractivity contribution in [3.8, 4) is 0 Å². The molecule has 5 unspecified atom stereocenters. The molecule has 0 amide bonds. The standard InChI is InChI=1S/C23H34O5/c1-23-12-15(11-21(24)25)22-17-7-5-16(27-3)10-14(17)4-6-18(22)19(23)8-9-20(23)28-13-26-2/h5,15,18-20,22H,4,6-13H2,1-3H3,(H,24,25)/t15-,18?,19?,20?,22?,23?/m0/s1.